The number of nitrogens with zero attached hydrogens (tertiary/aromatic N) is 2. The Balaban J connectivity index is 2.20. The molecule has 1 aromatic carbocycles. The van der Waals surface area contributed by atoms with Crippen LogP contribution in [0.25, 0.3) is 10.9 Å². The van der Waals surface area contributed by atoms with Crippen molar-refractivity contribution >= 4 is 22.5 Å². The number of halogens is 1. The van der Waals surface area contributed by atoms with Gasteiger partial charge in [0.15, 0.2) is 0 Å². The van der Waals surface area contributed by atoms with Crippen molar-refractivity contribution in [3.63, 3.8) is 0 Å². The molecule has 0 aliphatic carbocycles. The average Bonchev–Trinajstić information content (AvgIpc) is 2.41. The first kappa shape index (κ1) is 14.9. The highest BCUT2D eigenvalue weighted by atomic mass is 35.5. The van der Waals surface area contributed by atoms with Crippen LogP contribution in [0.15, 0.2) is 35.5 Å². The lowest BCUT2D eigenvalue weighted by molar-refractivity contribution is 0.198. The highest BCUT2D eigenvalue weighted by Crippen LogP contribution is 2.15. The molecule has 1 aromatic heterocycles. The molecule has 1 heterocycles. The van der Waals surface area contributed by atoms with E-state index in [4.69, 9.17) is 11.6 Å². The Kier molecular flexibility index (Phi) is 5.04. The third kappa shape index (κ3) is 3.74. The first-order valence-corrected chi connectivity index (χ1v) is 7.20. The number of aromatic nitrogens is 1. The van der Waals surface area contributed by atoms with Gasteiger partial charge in [0.2, 0.25) is 0 Å². The maximum absolute atomic E-state index is 9.80. The molecule has 0 radical (unpaired) electrons. The van der Waals surface area contributed by atoms with E-state index in [9.17, 15) is 5.21 Å². The summed E-state index contributed by atoms with van der Waals surface area (Å²) in [4.78, 5) is 4.59. The molecule has 0 amide bonds. The van der Waals surface area contributed by atoms with Crippen molar-refractivity contribution < 1.29 is 5.21 Å². The van der Waals surface area contributed by atoms with Crippen LogP contribution in [0.1, 0.15) is 20.3 Å². The molecule has 108 valence electrons. The van der Waals surface area contributed by atoms with Gasteiger partial charge in [0.05, 0.1) is 10.9 Å². The Labute approximate surface area is 123 Å². The van der Waals surface area contributed by atoms with Crippen LogP contribution in [-0.4, -0.2) is 29.1 Å². The molecular weight excluding hydrogens is 274 g/mol. The summed E-state index contributed by atoms with van der Waals surface area (Å²) in [7, 11) is 0. The van der Waals surface area contributed by atoms with Crippen LogP contribution in [0.5, 0.6) is 0 Å². The van der Waals surface area contributed by atoms with Gasteiger partial charge in [-0.3, -0.25) is 4.99 Å². The van der Waals surface area contributed by atoms with Crippen LogP contribution in [0.4, 0.5) is 0 Å². The number of rotatable bonds is 5. The summed E-state index contributed by atoms with van der Waals surface area (Å²) < 4.78 is 1.07. The summed E-state index contributed by atoms with van der Waals surface area (Å²) in [5, 5.41) is 15.5. The van der Waals surface area contributed by atoms with Crippen LogP contribution >= 0.6 is 11.6 Å². The monoisotopic (exact) mass is 293 g/mol. The molecule has 2 rings (SSSR count). The third-order valence-corrected chi connectivity index (χ3v) is 3.26. The molecule has 0 bridgehead atoms. The molecule has 0 unspecified atom stereocenters. The van der Waals surface area contributed by atoms with Gasteiger partial charge >= 0.3 is 0 Å². The molecule has 2 aromatic rings. The normalized spacial score (nSPS) is 12.5. The number of hydrogen-bond donors (Lipinski definition) is 2. The van der Waals surface area contributed by atoms with E-state index >= 15 is 0 Å². The zero-order valence-corrected chi connectivity index (χ0v) is 12.6. The standard InChI is InChI=1S/C15H20ClN3O/c1-11(2)17-7-3-8-18-14-6-9-19(20)15-10-12(16)4-5-13(14)15/h4-6,9-11,17,20H,3,7-8H2,1-2H3. The summed E-state index contributed by atoms with van der Waals surface area (Å²) in [6.45, 7) is 5.97. The fourth-order valence-electron chi connectivity index (χ4n) is 2.03. The van der Waals surface area contributed by atoms with Crippen LogP contribution in [-0.2, 0) is 0 Å². The van der Waals surface area contributed by atoms with Crippen LogP contribution in [0, 0.1) is 0 Å². The minimum atomic E-state index is 0.503. The summed E-state index contributed by atoms with van der Waals surface area (Å²) in [5.74, 6) is 0. The zero-order valence-electron chi connectivity index (χ0n) is 11.8. The van der Waals surface area contributed by atoms with Crippen molar-refractivity contribution in [3.05, 3.63) is 40.8 Å². The van der Waals surface area contributed by atoms with Crippen molar-refractivity contribution in [2.45, 2.75) is 26.3 Å². The highest BCUT2D eigenvalue weighted by Gasteiger charge is 2.01. The summed E-state index contributed by atoms with van der Waals surface area (Å²) in [6.07, 6.45) is 2.57. The lowest BCUT2D eigenvalue weighted by atomic mass is 10.2. The Morgan fingerprint density at radius 2 is 2.15 bits per heavy atom. The van der Waals surface area contributed by atoms with Gasteiger partial charge in [0.1, 0.15) is 0 Å². The highest BCUT2D eigenvalue weighted by molar-refractivity contribution is 6.31. The molecule has 4 nitrogen and oxygen atoms in total. The SMILES string of the molecule is CC(C)NCCCN=c1ccn(O)c2cc(Cl)ccc12. The smallest absolute Gasteiger partial charge is 0.0901 e. The maximum Gasteiger partial charge on any atom is 0.0901 e. The van der Waals surface area contributed by atoms with Gasteiger partial charge in [-0.15, -0.1) is 0 Å². The predicted octanol–water partition coefficient (Wildman–Crippen LogP) is 2.82. The van der Waals surface area contributed by atoms with E-state index in [1.54, 1.807) is 12.3 Å². The average molecular weight is 294 g/mol. The number of hydrogen-bond acceptors (Lipinski definition) is 3. The lowest BCUT2D eigenvalue weighted by Gasteiger charge is -2.06. The van der Waals surface area contributed by atoms with Gasteiger partial charge < -0.3 is 10.5 Å². The Morgan fingerprint density at radius 1 is 1.35 bits per heavy atom. The van der Waals surface area contributed by atoms with Gasteiger partial charge in [-0.1, -0.05) is 25.4 Å². The van der Waals surface area contributed by atoms with Gasteiger partial charge in [-0.25, -0.2) is 0 Å². The second-order valence-corrected chi connectivity index (χ2v) is 5.49. The Morgan fingerprint density at radius 3 is 2.90 bits per heavy atom. The quantitative estimate of drug-likeness (QED) is 0.658. The number of pyridine rings is 1. The van der Waals surface area contributed by atoms with Gasteiger partial charge in [-0.05, 0) is 37.2 Å². The van der Waals surface area contributed by atoms with Crippen LogP contribution in [0.3, 0.4) is 0 Å². The number of fused-ring (bicyclic) bond motifs is 1. The Hall–Kier alpha value is -1.52. The van der Waals surface area contributed by atoms with E-state index in [1.165, 1.54) is 0 Å². The van der Waals surface area contributed by atoms with Crippen LogP contribution < -0.4 is 10.7 Å². The van der Waals surface area contributed by atoms with Crippen molar-refractivity contribution in [2.75, 3.05) is 13.1 Å². The molecule has 0 atom stereocenters. The molecule has 0 aliphatic rings. The number of nitrogens with one attached hydrogen (secondary N) is 1. The largest absolute Gasteiger partial charge is 0.428 e. The molecule has 5 heteroatoms. The molecule has 0 aliphatic heterocycles. The molecule has 0 saturated carbocycles. The van der Waals surface area contributed by atoms with E-state index in [0.29, 0.717) is 16.6 Å². The topological polar surface area (TPSA) is 49.5 Å². The van der Waals surface area contributed by atoms with Crippen molar-refractivity contribution in [1.82, 2.24) is 10.0 Å². The van der Waals surface area contributed by atoms with Crippen molar-refractivity contribution in [3.8, 4) is 0 Å². The number of benzene rings is 1. The second kappa shape index (κ2) is 6.77. The molecule has 20 heavy (non-hydrogen) atoms. The minimum absolute atomic E-state index is 0.503. The molecule has 0 spiro atoms. The summed E-state index contributed by atoms with van der Waals surface area (Å²) in [5.41, 5.74) is 0.666. The maximum atomic E-state index is 9.80. The molecular formula is C15H20ClN3O. The molecule has 0 fully saturated rings. The fraction of sp³-hybridized carbons (Fsp3) is 0.400. The van der Waals surface area contributed by atoms with Gasteiger partial charge in [0, 0.05) is 29.2 Å². The first-order chi connectivity index (χ1) is 9.58. The van der Waals surface area contributed by atoms with E-state index in [-0.39, 0.29) is 0 Å². The third-order valence-electron chi connectivity index (χ3n) is 3.03. The van der Waals surface area contributed by atoms with Crippen molar-refractivity contribution in [2.24, 2.45) is 4.99 Å². The van der Waals surface area contributed by atoms with E-state index < -0.39 is 0 Å². The van der Waals surface area contributed by atoms with E-state index in [2.05, 4.69) is 24.2 Å². The minimum Gasteiger partial charge on any atom is -0.428 e. The Bertz CT molecular complexity index is 649. The molecule has 0 saturated heterocycles. The summed E-state index contributed by atoms with van der Waals surface area (Å²) >= 11 is 5.95. The van der Waals surface area contributed by atoms with E-state index in [0.717, 1.165) is 35.0 Å². The zero-order chi connectivity index (χ0) is 14.5. The lowest BCUT2D eigenvalue weighted by Crippen LogP contribution is -2.24. The fourth-order valence-corrected chi connectivity index (χ4v) is 2.20. The predicted molar refractivity (Wildman–Crippen MR) is 82.3 cm³/mol. The van der Waals surface area contributed by atoms with Gasteiger partial charge in [-0.2, -0.15) is 4.73 Å². The van der Waals surface area contributed by atoms with Crippen LogP contribution in [0.2, 0.25) is 5.02 Å². The van der Waals surface area contributed by atoms with E-state index in [1.807, 2.05) is 18.2 Å². The molecule has 2 N–H and O–H groups in total. The first-order valence-electron chi connectivity index (χ1n) is 6.82. The van der Waals surface area contributed by atoms with Crippen molar-refractivity contribution in [1.29, 1.82) is 0 Å². The summed E-state index contributed by atoms with van der Waals surface area (Å²) in [6, 6.07) is 7.74. The second-order valence-electron chi connectivity index (χ2n) is 5.05. The van der Waals surface area contributed by atoms with Gasteiger partial charge in [0.25, 0.3) is 0 Å².